The maximum Gasteiger partial charge on any atom is 0.0702 e. The van der Waals surface area contributed by atoms with E-state index < -0.39 is 0 Å². The molecular weight excluding hydrogens is 236 g/mol. The second kappa shape index (κ2) is 8.93. The Morgan fingerprint density at radius 2 is 2.11 bits per heavy atom. The minimum Gasteiger partial charge on any atom is -0.377 e. The average molecular weight is 270 g/mol. The molecule has 1 fully saturated rings. The monoisotopic (exact) mass is 270 g/mol. The van der Waals surface area contributed by atoms with Crippen molar-refractivity contribution in [2.75, 3.05) is 39.3 Å². The van der Waals surface area contributed by atoms with Gasteiger partial charge in [0.2, 0.25) is 0 Å². The molecule has 0 radical (unpaired) electrons. The van der Waals surface area contributed by atoms with E-state index in [1.807, 2.05) is 0 Å². The van der Waals surface area contributed by atoms with E-state index in [1.165, 1.54) is 38.8 Å². The van der Waals surface area contributed by atoms with Crippen molar-refractivity contribution < 1.29 is 4.74 Å². The Morgan fingerprint density at radius 3 is 2.74 bits per heavy atom. The van der Waals surface area contributed by atoms with E-state index in [-0.39, 0.29) is 0 Å². The molecule has 1 heterocycles. The minimum atomic E-state index is 0.392. The van der Waals surface area contributed by atoms with E-state index in [9.17, 15) is 0 Å². The fraction of sp³-hybridized carbons (Fsp3) is 1.00. The fourth-order valence-corrected chi connectivity index (χ4v) is 2.93. The molecule has 0 saturated carbocycles. The lowest BCUT2D eigenvalue weighted by Crippen LogP contribution is -2.47. The Bertz CT molecular complexity index is 233. The quantitative estimate of drug-likeness (QED) is 0.652. The molecule has 1 aliphatic heterocycles. The molecule has 2 unspecified atom stereocenters. The van der Waals surface area contributed by atoms with E-state index in [2.05, 4.69) is 37.9 Å². The van der Waals surface area contributed by atoms with Gasteiger partial charge in [0, 0.05) is 26.2 Å². The summed E-state index contributed by atoms with van der Waals surface area (Å²) in [7, 11) is 0. The lowest BCUT2D eigenvalue weighted by atomic mass is 9.86. The first-order valence-corrected chi connectivity index (χ1v) is 8.18. The summed E-state index contributed by atoms with van der Waals surface area (Å²) in [4.78, 5) is 2.61. The van der Waals surface area contributed by atoms with Gasteiger partial charge in [-0.3, -0.25) is 0 Å². The molecule has 0 bridgehead atoms. The maximum atomic E-state index is 5.80. The summed E-state index contributed by atoms with van der Waals surface area (Å²) in [6, 6.07) is 0. The Labute approximate surface area is 120 Å². The van der Waals surface area contributed by atoms with E-state index in [0.717, 1.165) is 26.2 Å². The van der Waals surface area contributed by atoms with Gasteiger partial charge in [-0.15, -0.1) is 0 Å². The molecule has 0 aliphatic carbocycles. The molecule has 1 rings (SSSR count). The van der Waals surface area contributed by atoms with Crippen LogP contribution < -0.4 is 5.32 Å². The SMILES string of the molecule is CCCNCC(C)(CC)CN1CCCC(OCC)C1. The zero-order valence-electron chi connectivity index (χ0n) is 13.5. The Hall–Kier alpha value is -0.120. The van der Waals surface area contributed by atoms with Gasteiger partial charge in [0.05, 0.1) is 6.10 Å². The molecule has 0 amide bonds. The average Bonchev–Trinajstić information content (AvgIpc) is 2.40. The van der Waals surface area contributed by atoms with Crippen molar-refractivity contribution in [3.63, 3.8) is 0 Å². The van der Waals surface area contributed by atoms with Crippen LogP contribution in [0.15, 0.2) is 0 Å². The highest BCUT2D eigenvalue weighted by Crippen LogP contribution is 2.24. The van der Waals surface area contributed by atoms with Crippen LogP contribution in [0.3, 0.4) is 0 Å². The predicted molar refractivity (Wildman–Crippen MR) is 82.6 cm³/mol. The summed E-state index contributed by atoms with van der Waals surface area (Å²) in [6.07, 6.45) is 5.44. The van der Waals surface area contributed by atoms with Crippen LogP contribution in [0.1, 0.15) is 53.4 Å². The summed E-state index contributed by atoms with van der Waals surface area (Å²) in [5, 5.41) is 3.59. The van der Waals surface area contributed by atoms with Gasteiger partial charge < -0.3 is 15.0 Å². The first-order valence-electron chi connectivity index (χ1n) is 8.18. The topological polar surface area (TPSA) is 24.5 Å². The molecule has 1 aliphatic rings. The van der Waals surface area contributed by atoms with Crippen molar-refractivity contribution in [2.45, 2.75) is 59.5 Å². The largest absolute Gasteiger partial charge is 0.377 e. The summed E-state index contributed by atoms with van der Waals surface area (Å²) in [5.41, 5.74) is 0.392. The zero-order chi connectivity index (χ0) is 14.1. The van der Waals surface area contributed by atoms with Crippen LogP contribution in [-0.2, 0) is 4.74 Å². The molecule has 0 aromatic carbocycles. The number of piperidine rings is 1. The number of rotatable bonds is 9. The van der Waals surface area contributed by atoms with Gasteiger partial charge >= 0.3 is 0 Å². The second-order valence-electron chi connectivity index (χ2n) is 6.30. The molecule has 1 saturated heterocycles. The van der Waals surface area contributed by atoms with Crippen LogP contribution >= 0.6 is 0 Å². The highest BCUT2D eigenvalue weighted by Gasteiger charge is 2.28. The number of likely N-dealkylation sites (tertiary alicyclic amines) is 1. The number of hydrogen-bond donors (Lipinski definition) is 1. The highest BCUT2D eigenvalue weighted by atomic mass is 16.5. The standard InChI is InChI=1S/C16H34N2O/c1-5-10-17-13-16(4,6-2)14-18-11-8-9-15(12-18)19-7-3/h15,17H,5-14H2,1-4H3. The fourth-order valence-electron chi connectivity index (χ4n) is 2.93. The molecule has 2 atom stereocenters. The highest BCUT2D eigenvalue weighted by molar-refractivity contribution is 4.83. The molecule has 0 spiro atoms. The molecule has 0 aromatic heterocycles. The van der Waals surface area contributed by atoms with Crippen molar-refractivity contribution in [1.82, 2.24) is 10.2 Å². The van der Waals surface area contributed by atoms with Crippen LogP contribution in [0.4, 0.5) is 0 Å². The van der Waals surface area contributed by atoms with Crippen LogP contribution in [0.2, 0.25) is 0 Å². The second-order valence-corrected chi connectivity index (χ2v) is 6.30. The third kappa shape index (κ3) is 6.24. The predicted octanol–water partition coefficient (Wildman–Crippen LogP) is 2.90. The lowest BCUT2D eigenvalue weighted by Gasteiger charge is -2.39. The van der Waals surface area contributed by atoms with Crippen LogP contribution in [0.25, 0.3) is 0 Å². The van der Waals surface area contributed by atoms with Gasteiger partial charge in [0.1, 0.15) is 0 Å². The Kier molecular flexibility index (Phi) is 7.96. The Balaban J connectivity index is 2.40. The van der Waals surface area contributed by atoms with Gasteiger partial charge in [-0.1, -0.05) is 20.8 Å². The van der Waals surface area contributed by atoms with Gasteiger partial charge in [-0.05, 0) is 51.1 Å². The van der Waals surface area contributed by atoms with E-state index in [1.54, 1.807) is 0 Å². The van der Waals surface area contributed by atoms with Crippen molar-refractivity contribution in [2.24, 2.45) is 5.41 Å². The number of nitrogens with zero attached hydrogens (tertiary/aromatic N) is 1. The van der Waals surface area contributed by atoms with Crippen LogP contribution in [0, 0.1) is 5.41 Å². The first kappa shape index (κ1) is 16.9. The molecular formula is C16H34N2O. The number of ether oxygens (including phenoxy) is 1. The van der Waals surface area contributed by atoms with Crippen molar-refractivity contribution in [3.8, 4) is 0 Å². The molecule has 0 aromatic rings. The minimum absolute atomic E-state index is 0.392. The third-order valence-electron chi connectivity index (χ3n) is 4.30. The van der Waals surface area contributed by atoms with Crippen molar-refractivity contribution in [3.05, 3.63) is 0 Å². The summed E-state index contributed by atoms with van der Waals surface area (Å²) in [6.45, 7) is 15.7. The smallest absolute Gasteiger partial charge is 0.0702 e. The van der Waals surface area contributed by atoms with E-state index >= 15 is 0 Å². The molecule has 1 N–H and O–H groups in total. The summed E-state index contributed by atoms with van der Waals surface area (Å²) < 4.78 is 5.80. The van der Waals surface area contributed by atoms with Gasteiger partial charge in [-0.2, -0.15) is 0 Å². The van der Waals surface area contributed by atoms with Crippen LogP contribution in [-0.4, -0.2) is 50.3 Å². The molecule has 19 heavy (non-hydrogen) atoms. The van der Waals surface area contributed by atoms with Gasteiger partial charge in [-0.25, -0.2) is 0 Å². The van der Waals surface area contributed by atoms with Gasteiger partial charge in [0.25, 0.3) is 0 Å². The summed E-state index contributed by atoms with van der Waals surface area (Å²) >= 11 is 0. The van der Waals surface area contributed by atoms with Gasteiger partial charge in [0.15, 0.2) is 0 Å². The number of nitrogens with one attached hydrogen (secondary N) is 1. The van der Waals surface area contributed by atoms with Crippen molar-refractivity contribution in [1.29, 1.82) is 0 Å². The molecule has 3 heteroatoms. The van der Waals surface area contributed by atoms with E-state index in [4.69, 9.17) is 4.74 Å². The third-order valence-corrected chi connectivity index (χ3v) is 4.30. The number of hydrogen-bond acceptors (Lipinski definition) is 3. The van der Waals surface area contributed by atoms with Crippen molar-refractivity contribution >= 4 is 0 Å². The summed E-state index contributed by atoms with van der Waals surface area (Å²) in [5.74, 6) is 0. The Morgan fingerprint density at radius 1 is 1.32 bits per heavy atom. The van der Waals surface area contributed by atoms with E-state index in [0.29, 0.717) is 11.5 Å². The molecule has 114 valence electrons. The first-order chi connectivity index (χ1) is 9.13. The maximum absolute atomic E-state index is 5.80. The molecule has 3 nitrogen and oxygen atoms in total. The lowest BCUT2D eigenvalue weighted by molar-refractivity contribution is -0.00557. The van der Waals surface area contributed by atoms with Crippen LogP contribution in [0.5, 0.6) is 0 Å². The normalized spacial score (nSPS) is 24.3. The zero-order valence-corrected chi connectivity index (χ0v) is 13.5.